The molecule has 0 aliphatic heterocycles. The molecule has 0 fully saturated rings. The highest BCUT2D eigenvalue weighted by Gasteiger charge is 2.20. The highest BCUT2D eigenvalue weighted by Crippen LogP contribution is 2.47. The lowest BCUT2D eigenvalue weighted by atomic mass is 9.83. The van der Waals surface area contributed by atoms with Crippen molar-refractivity contribution in [2.75, 3.05) is 9.80 Å². The summed E-state index contributed by atoms with van der Waals surface area (Å²) in [6.45, 7) is 0. The van der Waals surface area contributed by atoms with Crippen LogP contribution in [0, 0.1) is 0 Å². The van der Waals surface area contributed by atoms with E-state index in [1.807, 2.05) is 0 Å². The lowest BCUT2D eigenvalue weighted by Crippen LogP contribution is -2.09. The van der Waals surface area contributed by atoms with Crippen LogP contribution < -0.4 is 9.80 Å². The molecule has 0 N–H and O–H groups in total. The molecule has 0 aliphatic carbocycles. The van der Waals surface area contributed by atoms with Gasteiger partial charge in [-0.3, -0.25) is 0 Å². The van der Waals surface area contributed by atoms with E-state index >= 15 is 0 Å². The number of hydrogen-bond donors (Lipinski definition) is 0. The van der Waals surface area contributed by atoms with Crippen LogP contribution in [0.15, 0.2) is 291 Å². The Bertz CT molecular complexity index is 3880. The summed E-state index contributed by atoms with van der Waals surface area (Å²) in [4.78, 5) is 4.60. The van der Waals surface area contributed by atoms with E-state index in [4.69, 9.17) is 0 Å². The molecule has 0 atom stereocenters. The van der Waals surface area contributed by atoms with Crippen molar-refractivity contribution in [3.63, 3.8) is 0 Å². The van der Waals surface area contributed by atoms with Crippen LogP contribution in [0.4, 0.5) is 34.1 Å². The van der Waals surface area contributed by atoms with E-state index in [0.29, 0.717) is 0 Å². The van der Waals surface area contributed by atoms with E-state index in [1.54, 1.807) is 0 Å². The molecule has 358 valence electrons. The minimum Gasteiger partial charge on any atom is -0.311 e. The first-order valence-corrected chi connectivity index (χ1v) is 26.1. The van der Waals surface area contributed by atoms with Gasteiger partial charge in [0.2, 0.25) is 0 Å². The molecule has 0 heterocycles. The number of benzene rings is 13. The predicted molar refractivity (Wildman–Crippen MR) is 327 cm³/mol. The van der Waals surface area contributed by atoms with E-state index < -0.39 is 0 Å². The number of hydrogen-bond acceptors (Lipinski definition) is 2. The molecule has 76 heavy (non-hydrogen) atoms. The molecule has 0 aromatic heterocycles. The smallest absolute Gasteiger partial charge is 0.0462 e. The fourth-order valence-corrected chi connectivity index (χ4v) is 10.8. The molecule has 0 saturated carbocycles. The topological polar surface area (TPSA) is 6.48 Å². The van der Waals surface area contributed by atoms with Gasteiger partial charge in [-0.25, -0.2) is 0 Å². The molecule has 0 bridgehead atoms. The van der Waals surface area contributed by atoms with Crippen molar-refractivity contribution in [3.05, 3.63) is 313 Å². The van der Waals surface area contributed by atoms with E-state index in [9.17, 15) is 0 Å². The summed E-state index contributed by atoms with van der Waals surface area (Å²) >= 11 is 0. The standard InChI is InChI=1S/C74H52N2/c1-5-21-63(22-6-1)75(64-23-7-2-8-24-64)67-43-33-53(34-44-67)29-31-55-37-47-69-71(49-55)72-50-56(32-30-54-35-45-68(46-36-54)76(65-25-9-3-10-26-65)66-27-11-4-12-28-66)38-48-70(72)74(62-42-40-58-18-14-16-20-60(58)52-62)73(69)61-41-39-57-17-13-15-19-59(57)51-61/h1-52H/b31-29+,32-30+. The highest BCUT2D eigenvalue weighted by molar-refractivity contribution is 6.23. The number of nitrogens with zero attached hydrogens (tertiary/aromatic N) is 2. The molecular weight excluding hydrogens is 917 g/mol. The normalized spacial score (nSPS) is 11.6. The van der Waals surface area contributed by atoms with Crippen LogP contribution in [0.2, 0.25) is 0 Å². The summed E-state index contributed by atoms with van der Waals surface area (Å²) in [6, 6.07) is 105. The van der Waals surface area contributed by atoms with Gasteiger partial charge in [0.15, 0.2) is 0 Å². The third-order valence-corrected chi connectivity index (χ3v) is 14.5. The fourth-order valence-electron chi connectivity index (χ4n) is 10.8. The summed E-state index contributed by atoms with van der Waals surface area (Å²) < 4.78 is 0. The molecule has 13 aromatic rings. The van der Waals surface area contributed by atoms with Gasteiger partial charge in [-0.05, 0) is 185 Å². The molecule has 13 aromatic carbocycles. The highest BCUT2D eigenvalue weighted by atomic mass is 15.1. The van der Waals surface area contributed by atoms with Gasteiger partial charge < -0.3 is 9.80 Å². The van der Waals surface area contributed by atoms with Crippen LogP contribution in [-0.2, 0) is 0 Å². The zero-order chi connectivity index (χ0) is 50.6. The fraction of sp³-hybridized carbons (Fsp3) is 0. The van der Waals surface area contributed by atoms with Crippen LogP contribution in [0.5, 0.6) is 0 Å². The minimum absolute atomic E-state index is 1.11. The Hall–Kier alpha value is -10.0. The van der Waals surface area contributed by atoms with Crippen LogP contribution >= 0.6 is 0 Å². The molecule has 0 radical (unpaired) electrons. The Morgan fingerprint density at radius 1 is 0.197 bits per heavy atom. The third-order valence-electron chi connectivity index (χ3n) is 14.5. The Kier molecular flexibility index (Phi) is 12.3. The average molecular weight is 969 g/mol. The first-order valence-electron chi connectivity index (χ1n) is 26.1. The van der Waals surface area contributed by atoms with E-state index in [-0.39, 0.29) is 0 Å². The van der Waals surface area contributed by atoms with Gasteiger partial charge in [-0.1, -0.05) is 218 Å². The van der Waals surface area contributed by atoms with Crippen molar-refractivity contribution in [1.29, 1.82) is 0 Å². The molecule has 0 amide bonds. The van der Waals surface area contributed by atoms with Crippen LogP contribution in [0.25, 0.3) is 89.6 Å². The van der Waals surface area contributed by atoms with E-state index in [1.165, 1.54) is 65.3 Å². The Labute approximate surface area is 444 Å². The summed E-state index contributed by atoms with van der Waals surface area (Å²) in [5.41, 5.74) is 16.1. The molecular formula is C74H52N2. The first-order chi connectivity index (χ1) is 37.7. The van der Waals surface area contributed by atoms with Crippen LogP contribution in [-0.4, -0.2) is 0 Å². The third kappa shape index (κ3) is 9.21. The maximum Gasteiger partial charge on any atom is 0.0462 e. The molecule has 13 rings (SSSR count). The quantitative estimate of drug-likeness (QED) is 0.0889. The Balaban J connectivity index is 0.930. The van der Waals surface area contributed by atoms with E-state index in [0.717, 1.165) is 56.4 Å². The maximum atomic E-state index is 2.39. The average Bonchev–Trinajstić information content (AvgIpc) is 3.54. The monoisotopic (exact) mass is 968 g/mol. The SMILES string of the molecule is C(=C\c1ccc2c(-c3ccc4ccccc4c3)c(-c3ccc4ccccc4c3)c3ccc(/C=C/c4ccc(N(c5ccccc5)c5ccccc5)cc4)cc3c2c1)/c1ccc(N(c2ccccc2)c2ccccc2)cc1. The summed E-state index contributed by atoms with van der Waals surface area (Å²) in [6.07, 6.45) is 8.97. The van der Waals surface area contributed by atoms with Gasteiger partial charge >= 0.3 is 0 Å². The van der Waals surface area contributed by atoms with Crippen molar-refractivity contribution in [1.82, 2.24) is 0 Å². The molecule has 0 spiro atoms. The molecule has 2 heteroatoms. The number of para-hydroxylation sites is 4. The first kappa shape index (κ1) is 45.8. The summed E-state index contributed by atoms with van der Waals surface area (Å²) in [5, 5.41) is 9.76. The molecule has 0 aliphatic rings. The van der Waals surface area contributed by atoms with Crippen LogP contribution in [0.3, 0.4) is 0 Å². The van der Waals surface area contributed by atoms with Crippen molar-refractivity contribution < 1.29 is 0 Å². The maximum absolute atomic E-state index is 2.39. The van der Waals surface area contributed by atoms with E-state index in [2.05, 4.69) is 325 Å². The number of anilines is 6. The van der Waals surface area contributed by atoms with Gasteiger partial charge in [-0.2, -0.15) is 0 Å². The largest absolute Gasteiger partial charge is 0.311 e. The van der Waals surface area contributed by atoms with Gasteiger partial charge in [0.1, 0.15) is 0 Å². The molecule has 0 saturated heterocycles. The predicted octanol–water partition coefficient (Wildman–Crippen LogP) is 20.9. The second-order valence-corrected chi connectivity index (χ2v) is 19.3. The summed E-state index contributed by atoms with van der Waals surface area (Å²) in [7, 11) is 0. The minimum atomic E-state index is 1.11. The van der Waals surface area contributed by atoms with Gasteiger partial charge in [0.05, 0.1) is 0 Å². The second kappa shape index (κ2) is 20.5. The van der Waals surface area contributed by atoms with Crippen LogP contribution in [0.1, 0.15) is 22.3 Å². The number of fused-ring (bicyclic) bond motifs is 5. The van der Waals surface area contributed by atoms with Crippen molar-refractivity contribution >= 4 is 102 Å². The van der Waals surface area contributed by atoms with Crippen molar-refractivity contribution in [2.24, 2.45) is 0 Å². The van der Waals surface area contributed by atoms with Crippen molar-refractivity contribution in [3.8, 4) is 22.3 Å². The Morgan fingerprint density at radius 2 is 0.487 bits per heavy atom. The van der Waals surface area contributed by atoms with Gasteiger partial charge in [-0.15, -0.1) is 0 Å². The van der Waals surface area contributed by atoms with Gasteiger partial charge in [0, 0.05) is 34.1 Å². The second-order valence-electron chi connectivity index (χ2n) is 19.3. The van der Waals surface area contributed by atoms with Crippen molar-refractivity contribution in [2.45, 2.75) is 0 Å². The summed E-state index contributed by atoms with van der Waals surface area (Å²) in [5.74, 6) is 0. The molecule has 0 unspecified atom stereocenters. The number of rotatable bonds is 12. The lowest BCUT2D eigenvalue weighted by molar-refractivity contribution is 1.28. The zero-order valence-electron chi connectivity index (χ0n) is 41.9. The van der Waals surface area contributed by atoms with Gasteiger partial charge in [0.25, 0.3) is 0 Å². The Morgan fingerprint density at radius 3 is 0.842 bits per heavy atom. The zero-order valence-corrected chi connectivity index (χ0v) is 41.9. The lowest BCUT2D eigenvalue weighted by Gasteiger charge is -2.25. The molecule has 2 nitrogen and oxygen atoms in total.